The maximum atomic E-state index is 8.75. The Bertz CT molecular complexity index is 146. The quantitative estimate of drug-likeness (QED) is 0.524. The largest absolute Gasteiger partial charge is 0.381 e. The maximum absolute atomic E-state index is 8.75. The fourth-order valence-electron chi connectivity index (χ4n) is 1.19. The molecule has 0 amide bonds. The van der Waals surface area contributed by atoms with Gasteiger partial charge in [-0.25, -0.2) is 0 Å². The zero-order valence-corrected chi connectivity index (χ0v) is 6.53. The van der Waals surface area contributed by atoms with Crippen LogP contribution in [0.15, 0.2) is 0 Å². The predicted octanol–water partition coefficient (Wildman–Crippen LogP) is -0.923. The Morgan fingerprint density at radius 2 is 1.73 bits per heavy atom. The molecule has 0 unspecified atom stereocenters. The Labute approximate surface area is 66.6 Å². The zero-order chi connectivity index (χ0) is 8.10. The number of hydrogen-bond donors (Lipinski definition) is 1. The summed E-state index contributed by atoms with van der Waals surface area (Å²) < 4.78 is 0. The van der Waals surface area contributed by atoms with Gasteiger partial charge in [0.25, 0.3) is 0 Å². The number of nitrogens with zero attached hydrogens (tertiary/aromatic N) is 3. The lowest BCUT2D eigenvalue weighted by Gasteiger charge is -2.31. The van der Waals surface area contributed by atoms with Crippen LogP contribution < -0.4 is 0 Å². The molecule has 1 saturated heterocycles. The van der Waals surface area contributed by atoms with Crippen molar-refractivity contribution in [2.24, 2.45) is 0 Å². The van der Waals surface area contributed by atoms with Crippen LogP contribution in [0.5, 0.6) is 0 Å². The first kappa shape index (κ1) is 8.47. The van der Waals surface area contributed by atoms with Crippen LogP contribution in [0.1, 0.15) is 0 Å². The highest BCUT2D eigenvalue weighted by Gasteiger charge is 2.14. The third kappa shape index (κ3) is 2.46. The molecule has 4 nitrogen and oxygen atoms in total. The predicted molar refractivity (Wildman–Crippen MR) is 40.7 cm³/mol. The van der Waals surface area contributed by atoms with Crippen LogP contribution in [0.25, 0.3) is 0 Å². The van der Waals surface area contributed by atoms with E-state index in [9.17, 15) is 0 Å². The summed E-state index contributed by atoms with van der Waals surface area (Å²) in [5, 5.41) is 17.1. The van der Waals surface area contributed by atoms with Gasteiger partial charge in [-0.15, -0.1) is 0 Å². The summed E-state index contributed by atoms with van der Waals surface area (Å²) in [6, 6.07) is 2.12. The van der Waals surface area contributed by atoms with Crippen LogP contribution >= 0.6 is 0 Å². The minimum atomic E-state index is 0.139. The Morgan fingerprint density at radius 3 is 2.18 bits per heavy atom. The summed E-state index contributed by atoms with van der Waals surface area (Å²) in [5.74, 6) is 0. The Balaban J connectivity index is 2.20. The van der Waals surface area contributed by atoms with Gasteiger partial charge in [0.2, 0.25) is 0 Å². The molecule has 0 aromatic carbocycles. The van der Waals surface area contributed by atoms with Crippen molar-refractivity contribution < 1.29 is 5.11 Å². The summed E-state index contributed by atoms with van der Waals surface area (Å²) in [4.78, 5) is 4.06. The number of rotatable bonds is 2. The van der Waals surface area contributed by atoms with E-state index in [1.165, 1.54) is 0 Å². The van der Waals surface area contributed by atoms with Crippen LogP contribution in [0.3, 0.4) is 0 Å². The summed E-state index contributed by atoms with van der Waals surface area (Å²) in [6.45, 7) is 4.19. The van der Waals surface area contributed by atoms with Crippen molar-refractivity contribution in [1.29, 1.82) is 5.26 Å². The molecule has 4 heteroatoms. The van der Waals surface area contributed by atoms with E-state index in [1.807, 2.05) is 4.90 Å². The molecule has 0 aromatic rings. The molecule has 1 fully saturated rings. The van der Waals surface area contributed by atoms with Crippen LogP contribution in [0.4, 0.5) is 0 Å². The highest BCUT2D eigenvalue weighted by atomic mass is 16.3. The fraction of sp³-hybridized carbons (Fsp3) is 0.857. The zero-order valence-electron chi connectivity index (χ0n) is 6.53. The Kier molecular flexibility index (Phi) is 3.30. The summed E-state index contributed by atoms with van der Waals surface area (Å²) in [7, 11) is 0. The van der Waals surface area contributed by atoms with Crippen molar-refractivity contribution in [1.82, 2.24) is 9.80 Å². The van der Waals surface area contributed by atoms with Crippen molar-refractivity contribution >= 4 is 0 Å². The normalized spacial score (nSPS) is 21.5. The number of nitriles is 1. The second-order valence-corrected chi connectivity index (χ2v) is 2.69. The monoisotopic (exact) mass is 155 g/mol. The molecule has 11 heavy (non-hydrogen) atoms. The third-order valence-corrected chi connectivity index (χ3v) is 1.96. The van der Waals surface area contributed by atoms with E-state index in [0.717, 1.165) is 26.2 Å². The topological polar surface area (TPSA) is 50.5 Å². The first-order valence-corrected chi connectivity index (χ1v) is 3.79. The van der Waals surface area contributed by atoms with Gasteiger partial charge in [0, 0.05) is 26.2 Å². The minimum Gasteiger partial charge on any atom is -0.381 e. The van der Waals surface area contributed by atoms with E-state index in [1.54, 1.807) is 0 Å². The van der Waals surface area contributed by atoms with Gasteiger partial charge in [-0.3, -0.25) is 9.80 Å². The molecule has 1 aliphatic rings. The lowest BCUT2D eigenvalue weighted by Crippen LogP contribution is -2.46. The van der Waals surface area contributed by atoms with Crippen molar-refractivity contribution in [3.63, 3.8) is 0 Å². The summed E-state index contributed by atoms with van der Waals surface area (Å²) in [5.41, 5.74) is 0. The lowest BCUT2D eigenvalue weighted by atomic mass is 10.3. The molecular weight excluding hydrogens is 142 g/mol. The van der Waals surface area contributed by atoms with Gasteiger partial charge < -0.3 is 5.11 Å². The highest BCUT2D eigenvalue weighted by Crippen LogP contribution is 1.98. The first-order valence-electron chi connectivity index (χ1n) is 3.79. The van der Waals surface area contributed by atoms with Gasteiger partial charge in [0.05, 0.1) is 19.3 Å². The van der Waals surface area contributed by atoms with Crippen LogP contribution in [-0.4, -0.2) is 54.4 Å². The van der Waals surface area contributed by atoms with Crippen molar-refractivity contribution in [3.05, 3.63) is 0 Å². The molecule has 0 aromatic heterocycles. The van der Waals surface area contributed by atoms with Crippen LogP contribution in [0.2, 0.25) is 0 Å². The Hall–Kier alpha value is -0.630. The second kappa shape index (κ2) is 4.29. The molecule has 62 valence electrons. The van der Waals surface area contributed by atoms with E-state index < -0.39 is 0 Å². The van der Waals surface area contributed by atoms with E-state index in [-0.39, 0.29) is 6.73 Å². The summed E-state index contributed by atoms with van der Waals surface area (Å²) in [6.07, 6.45) is 0. The molecule has 0 bridgehead atoms. The molecule has 0 saturated carbocycles. The molecule has 1 heterocycles. The molecule has 1 N–H and O–H groups in total. The average Bonchev–Trinajstić information content (AvgIpc) is 2.07. The minimum absolute atomic E-state index is 0.139. The molecule has 0 aliphatic carbocycles. The molecule has 1 rings (SSSR count). The van der Waals surface area contributed by atoms with E-state index in [2.05, 4.69) is 11.0 Å². The van der Waals surface area contributed by atoms with Gasteiger partial charge in [0.15, 0.2) is 0 Å². The van der Waals surface area contributed by atoms with Crippen LogP contribution in [0, 0.1) is 11.3 Å². The van der Waals surface area contributed by atoms with Crippen LogP contribution in [-0.2, 0) is 0 Å². The van der Waals surface area contributed by atoms with E-state index in [4.69, 9.17) is 10.4 Å². The lowest BCUT2D eigenvalue weighted by molar-refractivity contribution is 0.0589. The molecular formula is C7H13N3O. The smallest absolute Gasteiger partial charge is 0.0957 e. The van der Waals surface area contributed by atoms with Crippen molar-refractivity contribution in [2.75, 3.05) is 39.5 Å². The maximum Gasteiger partial charge on any atom is 0.0957 e. The van der Waals surface area contributed by atoms with Gasteiger partial charge in [0.1, 0.15) is 0 Å². The van der Waals surface area contributed by atoms with Gasteiger partial charge >= 0.3 is 0 Å². The van der Waals surface area contributed by atoms with Gasteiger partial charge in [-0.1, -0.05) is 0 Å². The summed E-state index contributed by atoms with van der Waals surface area (Å²) >= 11 is 0. The van der Waals surface area contributed by atoms with Crippen molar-refractivity contribution in [2.45, 2.75) is 0 Å². The van der Waals surface area contributed by atoms with Gasteiger partial charge in [-0.05, 0) is 0 Å². The molecule has 1 aliphatic heterocycles. The SMILES string of the molecule is N#CCN1CCN(CO)CC1. The van der Waals surface area contributed by atoms with Gasteiger partial charge in [-0.2, -0.15) is 5.26 Å². The number of hydrogen-bond acceptors (Lipinski definition) is 4. The Morgan fingerprint density at radius 1 is 1.18 bits per heavy atom. The number of aliphatic hydroxyl groups excluding tert-OH is 1. The second-order valence-electron chi connectivity index (χ2n) is 2.69. The highest BCUT2D eigenvalue weighted by molar-refractivity contribution is 4.80. The van der Waals surface area contributed by atoms with Crippen molar-refractivity contribution in [3.8, 4) is 6.07 Å². The number of piperazine rings is 1. The standard InChI is InChI=1S/C7H13N3O/c8-1-2-9-3-5-10(7-11)6-4-9/h11H,2-7H2. The average molecular weight is 155 g/mol. The van der Waals surface area contributed by atoms with E-state index in [0.29, 0.717) is 6.54 Å². The molecule has 0 radical (unpaired) electrons. The number of aliphatic hydroxyl groups is 1. The fourth-order valence-corrected chi connectivity index (χ4v) is 1.19. The van der Waals surface area contributed by atoms with E-state index >= 15 is 0 Å². The molecule has 0 spiro atoms. The third-order valence-electron chi connectivity index (χ3n) is 1.96. The molecule has 0 atom stereocenters. The first-order chi connectivity index (χ1) is 5.36.